The van der Waals surface area contributed by atoms with E-state index >= 15 is 0 Å². The molecule has 2 saturated heterocycles. The van der Waals surface area contributed by atoms with Gasteiger partial charge in [0.2, 0.25) is 21.9 Å². The zero-order chi connectivity index (χ0) is 47.5. The Balaban J connectivity index is 1.26. The smallest absolute Gasteiger partial charge is 0.387 e. The maximum atomic E-state index is 14.5. The van der Waals surface area contributed by atoms with E-state index in [-0.39, 0.29) is 96.7 Å². The first-order chi connectivity index (χ1) is 31.2. The van der Waals surface area contributed by atoms with Crippen molar-refractivity contribution >= 4 is 56.2 Å². The number of alkyl halides is 4. The number of sulfonamides is 1. The van der Waals surface area contributed by atoms with Crippen LogP contribution in [0.4, 0.5) is 29.5 Å². The van der Waals surface area contributed by atoms with Crippen molar-refractivity contribution in [1.29, 1.82) is 10.8 Å². The van der Waals surface area contributed by atoms with Crippen molar-refractivity contribution in [3.63, 3.8) is 0 Å². The largest absolute Gasteiger partial charge is 0.482 e. The third kappa shape index (κ3) is 9.13. The first-order valence-corrected chi connectivity index (χ1v) is 23.5. The molecule has 4 aromatic heterocycles. The van der Waals surface area contributed by atoms with E-state index in [4.69, 9.17) is 30.3 Å². The van der Waals surface area contributed by atoms with Crippen molar-refractivity contribution in [1.82, 2.24) is 38.3 Å². The fourth-order valence-electron chi connectivity index (χ4n) is 10.0. The fourth-order valence-corrected chi connectivity index (χ4v) is 10.9. The predicted molar refractivity (Wildman–Crippen MR) is 234 cm³/mol. The standard InChI is InChI=1S/C41H52F4N12O8S/c1-40(60)11-4-5-28(40)56-34-24(17-27(36(56)59)65-37(44)45)32(51-39(53-34)50-23-8-12-54(20-46)31(47)16-23)25-6-7-29(41(25,2)61)57-33-21(15-26(35(57)58)64-19-30(42)43)18-48-38(52-33)49-22-9-13-55(14-10-22)66(3,62)63/h15,17-18,20,22-23,25,28-30,37,46-47,60-61H,4-14,16,19H2,1-3H3,(H,48,49,52)(H,50,51,53)/t23?,25?,28-,29-,40-,41-/m1/s1. The van der Waals surface area contributed by atoms with Crippen LogP contribution in [-0.4, -0.2) is 138 Å². The van der Waals surface area contributed by atoms with Gasteiger partial charge in [0, 0.05) is 61.0 Å². The number of amidine groups is 1. The number of aromatic nitrogens is 6. The van der Waals surface area contributed by atoms with Gasteiger partial charge in [-0.25, -0.2) is 31.5 Å². The topological polar surface area (TPSA) is 267 Å². The number of hydrogen-bond donors (Lipinski definition) is 6. The monoisotopic (exact) mass is 948 g/mol. The summed E-state index contributed by atoms with van der Waals surface area (Å²) in [6.45, 7) is -0.720. The first kappa shape index (κ1) is 47.0. The van der Waals surface area contributed by atoms with Crippen LogP contribution in [-0.2, 0) is 10.0 Å². The quantitative estimate of drug-likeness (QED) is 0.0597. The lowest BCUT2D eigenvalue weighted by molar-refractivity contribution is -0.0514. The van der Waals surface area contributed by atoms with Crippen molar-refractivity contribution in [2.75, 3.05) is 43.1 Å². The van der Waals surface area contributed by atoms with Gasteiger partial charge < -0.3 is 35.2 Å². The lowest BCUT2D eigenvalue weighted by Gasteiger charge is -2.34. The van der Waals surface area contributed by atoms with Crippen molar-refractivity contribution in [2.24, 2.45) is 0 Å². The van der Waals surface area contributed by atoms with Crippen molar-refractivity contribution in [2.45, 2.75) is 126 Å². The number of pyridine rings is 2. The second kappa shape index (κ2) is 17.9. The van der Waals surface area contributed by atoms with Crippen LogP contribution in [0, 0.1) is 10.8 Å². The number of nitrogens with zero attached hydrogens (tertiary/aromatic N) is 8. The van der Waals surface area contributed by atoms with Gasteiger partial charge in [-0.3, -0.25) is 29.5 Å². The van der Waals surface area contributed by atoms with Crippen molar-refractivity contribution < 1.29 is 45.7 Å². The maximum Gasteiger partial charge on any atom is 0.387 e. The molecule has 25 heteroatoms. The minimum absolute atomic E-state index is 0.0138. The van der Waals surface area contributed by atoms with Crippen LogP contribution >= 0.6 is 0 Å². The van der Waals surface area contributed by atoms with E-state index in [1.54, 1.807) is 0 Å². The van der Waals surface area contributed by atoms with Crippen LogP contribution in [0.2, 0.25) is 0 Å². The molecule has 2 aliphatic heterocycles. The highest BCUT2D eigenvalue weighted by molar-refractivity contribution is 7.88. The molecule has 0 radical (unpaired) electrons. The second-order valence-corrected chi connectivity index (χ2v) is 19.9. The molecule has 4 fully saturated rings. The number of aliphatic hydroxyl groups is 2. The Hall–Kier alpha value is -5.53. The summed E-state index contributed by atoms with van der Waals surface area (Å²) >= 11 is 0. The summed E-state index contributed by atoms with van der Waals surface area (Å²) in [5, 5.41) is 47.2. The highest BCUT2D eigenvalue weighted by Crippen LogP contribution is 2.51. The molecule has 4 aliphatic rings. The van der Waals surface area contributed by atoms with Gasteiger partial charge in [0.05, 0.1) is 41.6 Å². The molecule has 6 N–H and O–H groups in total. The summed E-state index contributed by atoms with van der Waals surface area (Å²) in [5.74, 6) is -2.07. The van der Waals surface area contributed by atoms with Crippen LogP contribution < -0.4 is 31.2 Å². The molecule has 6 atom stereocenters. The molecule has 358 valence electrons. The van der Waals surface area contributed by atoms with Crippen molar-refractivity contribution in [3.05, 3.63) is 44.7 Å². The first-order valence-electron chi connectivity index (χ1n) is 21.7. The van der Waals surface area contributed by atoms with Gasteiger partial charge in [0.15, 0.2) is 11.5 Å². The summed E-state index contributed by atoms with van der Waals surface area (Å²) in [5.41, 5.74) is -5.28. The number of nitrogens with one attached hydrogen (secondary N) is 4. The average molecular weight is 949 g/mol. The molecule has 0 spiro atoms. The van der Waals surface area contributed by atoms with Gasteiger partial charge in [-0.1, -0.05) is 0 Å². The summed E-state index contributed by atoms with van der Waals surface area (Å²) in [7, 11) is -3.40. The number of likely N-dealkylation sites (tertiary alicyclic amines) is 1. The maximum absolute atomic E-state index is 14.5. The summed E-state index contributed by atoms with van der Waals surface area (Å²) in [6, 6.07) is -0.477. The SMILES string of the molecule is C[C@@]1(O)CCC[C@H]1n1c(=O)c(OC(F)F)cc2c(C3CC[C@@H](n4c(=O)c(OCC(F)F)cc5cnc(NC6CCN(S(C)(=O)=O)CC6)nc54)[C@]3(C)O)nc(NC3CCN(C=N)C(=N)C3)nc21. The molecule has 0 aromatic carbocycles. The van der Waals surface area contributed by atoms with Gasteiger partial charge in [-0.15, -0.1) is 0 Å². The summed E-state index contributed by atoms with van der Waals surface area (Å²) < 4.78 is 92.9. The number of anilines is 2. The Morgan fingerprint density at radius 3 is 2.20 bits per heavy atom. The van der Waals surface area contributed by atoms with E-state index in [1.165, 1.54) is 35.3 Å². The molecule has 2 aliphatic carbocycles. The normalized spacial score (nSPS) is 26.8. The Bertz CT molecular complexity index is 2770. The number of rotatable bonds is 14. The van der Waals surface area contributed by atoms with Gasteiger partial charge in [0.25, 0.3) is 17.5 Å². The summed E-state index contributed by atoms with van der Waals surface area (Å²) in [6.07, 6.45) is 3.27. The van der Waals surface area contributed by atoms with Crippen LogP contribution in [0.15, 0.2) is 27.9 Å². The molecule has 66 heavy (non-hydrogen) atoms. The predicted octanol–water partition coefficient (Wildman–Crippen LogP) is 3.78. The Kier molecular flexibility index (Phi) is 12.8. The molecule has 8 rings (SSSR count). The van der Waals surface area contributed by atoms with Crippen molar-refractivity contribution in [3.8, 4) is 11.5 Å². The van der Waals surface area contributed by atoms with E-state index in [1.807, 2.05) is 0 Å². The number of hydrogen-bond acceptors (Lipinski definition) is 16. The molecule has 0 bridgehead atoms. The van der Waals surface area contributed by atoms with Crippen LogP contribution in [0.25, 0.3) is 22.1 Å². The number of piperidine rings is 2. The minimum atomic E-state index is -3.42. The lowest BCUT2D eigenvalue weighted by Crippen LogP contribution is -2.43. The minimum Gasteiger partial charge on any atom is -0.482 e. The van der Waals surface area contributed by atoms with E-state index in [0.717, 1.165) is 27.8 Å². The number of ether oxygens (including phenoxy) is 2. The van der Waals surface area contributed by atoms with Crippen LogP contribution in [0.1, 0.15) is 95.3 Å². The zero-order valence-corrected chi connectivity index (χ0v) is 37.2. The van der Waals surface area contributed by atoms with E-state index in [9.17, 15) is 45.8 Å². The Morgan fingerprint density at radius 1 is 0.894 bits per heavy atom. The molecule has 4 aromatic rings. The molecule has 2 unspecified atom stereocenters. The van der Waals surface area contributed by atoms with Gasteiger partial charge in [0.1, 0.15) is 23.7 Å². The molecule has 2 saturated carbocycles. The van der Waals surface area contributed by atoms with E-state index in [2.05, 4.69) is 20.6 Å². The third-order valence-electron chi connectivity index (χ3n) is 13.4. The summed E-state index contributed by atoms with van der Waals surface area (Å²) in [4.78, 5) is 48.8. The Labute approximate surface area is 375 Å². The molecular formula is C41H52F4N12O8S. The number of fused-ring (bicyclic) bond motifs is 2. The molecule has 0 amide bonds. The second-order valence-electron chi connectivity index (χ2n) is 17.9. The molecule has 6 heterocycles. The average Bonchev–Trinajstić information content (AvgIpc) is 3.75. The van der Waals surface area contributed by atoms with Crippen LogP contribution in [0.5, 0.6) is 11.5 Å². The molecular weight excluding hydrogens is 897 g/mol. The van der Waals surface area contributed by atoms with Gasteiger partial charge in [-0.05, 0) is 77.3 Å². The highest BCUT2D eigenvalue weighted by Gasteiger charge is 2.50. The number of halogens is 4. The molecule has 20 nitrogen and oxygen atoms in total. The zero-order valence-electron chi connectivity index (χ0n) is 36.4. The van der Waals surface area contributed by atoms with E-state index < -0.39 is 87.5 Å². The van der Waals surface area contributed by atoms with E-state index in [0.29, 0.717) is 32.2 Å². The van der Waals surface area contributed by atoms with Gasteiger partial charge in [-0.2, -0.15) is 18.7 Å². The highest BCUT2D eigenvalue weighted by atomic mass is 32.2. The Morgan fingerprint density at radius 2 is 1.56 bits per heavy atom. The fraction of sp³-hybridized carbons (Fsp3) is 0.610. The third-order valence-corrected chi connectivity index (χ3v) is 14.7. The van der Waals surface area contributed by atoms with Crippen LogP contribution in [0.3, 0.4) is 0 Å². The van der Waals surface area contributed by atoms with Gasteiger partial charge >= 0.3 is 6.61 Å². The lowest BCUT2D eigenvalue weighted by atomic mass is 9.86.